The second-order valence-electron chi connectivity index (χ2n) is 6.14. The molecule has 140 valence electrons. The third-order valence-corrected chi connectivity index (χ3v) is 6.48. The van der Waals surface area contributed by atoms with Gasteiger partial charge in [-0.25, -0.2) is 4.79 Å². The van der Waals surface area contributed by atoms with E-state index in [1.54, 1.807) is 13.0 Å². The van der Waals surface area contributed by atoms with E-state index in [1.165, 1.54) is 22.7 Å². The number of carbonyl (C=O) groups excluding carboxylic acids is 2. The first-order valence-electron chi connectivity index (χ1n) is 8.81. The largest absolute Gasteiger partial charge is 0.462 e. The summed E-state index contributed by atoms with van der Waals surface area (Å²) >= 11 is 2.97. The van der Waals surface area contributed by atoms with Crippen LogP contribution in [-0.2, 0) is 17.6 Å². The number of hydrogen-bond acceptors (Lipinski definition) is 7. The first-order chi connectivity index (χ1) is 13.2. The molecule has 0 unspecified atom stereocenters. The zero-order chi connectivity index (χ0) is 18.8. The molecular weight excluding hydrogens is 384 g/mol. The van der Waals surface area contributed by atoms with Gasteiger partial charge in [-0.05, 0) is 49.6 Å². The molecule has 0 aliphatic heterocycles. The minimum Gasteiger partial charge on any atom is -0.462 e. The first kappa shape index (κ1) is 17.9. The van der Waals surface area contributed by atoms with Crippen LogP contribution in [0, 0.1) is 0 Å². The molecule has 3 heterocycles. The van der Waals surface area contributed by atoms with E-state index >= 15 is 0 Å². The van der Waals surface area contributed by atoms with Crippen LogP contribution in [0.15, 0.2) is 28.1 Å². The number of fused-ring (bicyclic) bond motifs is 1. The van der Waals surface area contributed by atoms with Crippen molar-refractivity contribution in [3.05, 3.63) is 45.3 Å². The summed E-state index contributed by atoms with van der Waals surface area (Å²) in [5.74, 6) is -0.233. The fourth-order valence-electron chi connectivity index (χ4n) is 3.16. The number of rotatable bonds is 5. The molecule has 1 aliphatic carbocycles. The van der Waals surface area contributed by atoms with E-state index < -0.39 is 5.91 Å². The van der Waals surface area contributed by atoms with Crippen LogP contribution in [0.5, 0.6) is 0 Å². The molecule has 3 aromatic rings. The van der Waals surface area contributed by atoms with E-state index in [1.807, 2.05) is 17.5 Å². The Morgan fingerprint density at radius 1 is 1.33 bits per heavy atom. The smallest absolute Gasteiger partial charge is 0.341 e. The number of aromatic nitrogens is 1. The number of ether oxygens (including phenoxy) is 1. The van der Waals surface area contributed by atoms with Crippen molar-refractivity contribution in [2.75, 3.05) is 11.9 Å². The molecule has 0 aromatic carbocycles. The highest BCUT2D eigenvalue weighted by Gasteiger charge is 2.28. The molecule has 4 rings (SSSR count). The molecule has 0 saturated heterocycles. The van der Waals surface area contributed by atoms with Crippen molar-refractivity contribution in [1.82, 2.24) is 5.16 Å². The monoisotopic (exact) mass is 402 g/mol. The van der Waals surface area contributed by atoms with E-state index in [0.29, 0.717) is 22.9 Å². The number of nitrogens with zero attached hydrogens (tertiary/aromatic N) is 1. The molecule has 3 aromatic heterocycles. The third-order valence-electron chi connectivity index (χ3n) is 4.38. The SMILES string of the molecule is CCOC(=O)c1c(NC(=O)c2cc(-c3cccs3)on2)sc2c1CCCC2. The maximum atomic E-state index is 12.7. The summed E-state index contributed by atoms with van der Waals surface area (Å²) in [6.07, 6.45) is 3.89. The molecule has 1 N–H and O–H groups in total. The highest BCUT2D eigenvalue weighted by atomic mass is 32.1. The van der Waals surface area contributed by atoms with Crippen LogP contribution >= 0.6 is 22.7 Å². The molecule has 1 aliphatic rings. The van der Waals surface area contributed by atoms with Crippen LogP contribution in [0.3, 0.4) is 0 Å². The van der Waals surface area contributed by atoms with Gasteiger partial charge in [0.15, 0.2) is 11.5 Å². The van der Waals surface area contributed by atoms with Crippen LogP contribution in [0.2, 0.25) is 0 Å². The van der Waals surface area contributed by atoms with Crippen molar-refractivity contribution in [1.29, 1.82) is 0 Å². The van der Waals surface area contributed by atoms with Gasteiger partial charge in [-0.1, -0.05) is 11.2 Å². The van der Waals surface area contributed by atoms with Gasteiger partial charge in [-0.3, -0.25) is 4.79 Å². The van der Waals surface area contributed by atoms with Gasteiger partial charge in [0.05, 0.1) is 17.0 Å². The number of aryl methyl sites for hydroxylation is 1. The molecule has 0 saturated carbocycles. The minimum absolute atomic E-state index is 0.180. The van der Waals surface area contributed by atoms with Gasteiger partial charge in [-0.15, -0.1) is 22.7 Å². The second kappa shape index (κ2) is 7.66. The van der Waals surface area contributed by atoms with Crippen molar-refractivity contribution in [2.24, 2.45) is 0 Å². The van der Waals surface area contributed by atoms with Gasteiger partial charge in [0.1, 0.15) is 5.00 Å². The Balaban J connectivity index is 1.61. The van der Waals surface area contributed by atoms with Crippen molar-refractivity contribution < 1.29 is 18.8 Å². The van der Waals surface area contributed by atoms with Gasteiger partial charge in [-0.2, -0.15) is 0 Å². The molecule has 27 heavy (non-hydrogen) atoms. The maximum absolute atomic E-state index is 12.7. The van der Waals surface area contributed by atoms with E-state index in [4.69, 9.17) is 9.26 Å². The summed E-state index contributed by atoms with van der Waals surface area (Å²) in [6.45, 7) is 2.07. The number of esters is 1. The van der Waals surface area contributed by atoms with Crippen LogP contribution in [0.25, 0.3) is 10.6 Å². The fourth-order valence-corrected chi connectivity index (χ4v) is 5.10. The Labute approximate surface area is 164 Å². The Kier molecular flexibility index (Phi) is 5.09. The zero-order valence-electron chi connectivity index (χ0n) is 14.7. The van der Waals surface area contributed by atoms with Gasteiger partial charge < -0.3 is 14.6 Å². The number of hydrogen-bond donors (Lipinski definition) is 1. The van der Waals surface area contributed by atoms with Crippen LogP contribution in [0.4, 0.5) is 5.00 Å². The van der Waals surface area contributed by atoms with Gasteiger partial charge >= 0.3 is 5.97 Å². The molecule has 0 spiro atoms. The van der Waals surface area contributed by atoms with Gasteiger partial charge in [0.2, 0.25) is 0 Å². The quantitative estimate of drug-likeness (QED) is 0.622. The van der Waals surface area contributed by atoms with Crippen LogP contribution < -0.4 is 5.32 Å². The van der Waals surface area contributed by atoms with Gasteiger partial charge in [0, 0.05) is 10.9 Å². The lowest BCUT2D eigenvalue weighted by atomic mass is 9.95. The third kappa shape index (κ3) is 3.54. The van der Waals surface area contributed by atoms with E-state index in [0.717, 1.165) is 41.0 Å². The summed E-state index contributed by atoms with van der Waals surface area (Å²) in [5, 5.41) is 9.17. The van der Waals surface area contributed by atoms with Crippen LogP contribution in [-0.4, -0.2) is 23.6 Å². The molecule has 8 heteroatoms. The molecule has 0 radical (unpaired) electrons. The van der Waals surface area contributed by atoms with Crippen molar-refractivity contribution >= 4 is 39.6 Å². The standard InChI is InChI=1S/C19H18N2O4S2/c1-2-24-19(23)16-11-6-3-4-7-14(11)27-18(16)20-17(22)12-10-13(25-21-12)15-8-5-9-26-15/h5,8-10H,2-4,6-7H2,1H3,(H,20,22). The number of nitrogens with one attached hydrogen (secondary N) is 1. The molecule has 6 nitrogen and oxygen atoms in total. The molecule has 0 atom stereocenters. The normalized spacial score (nSPS) is 13.2. The maximum Gasteiger partial charge on any atom is 0.341 e. The average Bonchev–Trinajstić information content (AvgIpc) is 3.40. The number of anilines is 1. The minimum atomic E-state index is -0.397. The summed E-state index contributed by atoms with van der Waals surface area (Å²) in [7, 11) is 0. The first-order valence-corrected chi connectivity index (χ1v) is 10.5. The Hall–Kier alpha value is -2.45. The summed E-state index contributed by atoms with van der Waals surface area (Å²) < 4.78 is 10.5. The zero-order valence-corrected chi connectivity index (χ0v) is 16.4. The molecular formula is C19H18N2O4S2. The van der Waals surface area contributed by atoms with E-state index in [-0.39, 0.29) is 11.7 Å². The summed E-state index contributed by atoms with van der Waals surface area (Å²) in [4.78, 5) is 27.2. The summed E-state index contributed by atoms with van der Waals surface area (Å²) in [6, 6.07) is 5.42. The number of carbonyl (C=O) groups is 2. The lowest BCUT2D eigenvalue weighted by Crippen LogP contribution is -2.16. The fraction of sp³-hybridized carbons (Fsp3) is 0.316. The predicted octanol–water partition coefficient (Wildman–Crippen LogP) is 4.77. The highest BCUT2D eigenvalue weighted by Crippen LogP contribution is 2.39. The lowest BCUT2D eigenvalue weighted by molar-refractivity contribution is 0.0526. The Bertz CT molecular complexity index is 972. The highest BCUT2D eigenvalue weighted by molar-refractivity contribution is 7.17. The average molecular weight is 402 g/mol. The Morgan fingerprint density at radius 3 is 2.96 bits per heavy atom. The topological polar surface area (TPSA) is 81.4 Å². The van der Waals surface area contributed by atoms with Crippen molar-refractivity contribution in [3.63, 3.8) is 0 Å². The Morgan fingerprint density at radius 2 is 2.19 bits per heavy atom. The molecule has 0 fully saturated rings. The molecule has 1 amide bonds. The second-order valence-corrected chi connectivity index (χ2v) is 8.20. The van der Waals surface area contributed by atoms with Crippen LogP contribution in [0.1, 0.15) is 51.1 Å². The number of amides is 1. The van der Waals surface area contributed by atoms with E-state index in [9.17, 15) is 9.59 Å². The molecule has 0 bridgehead atoms. The van der Waals surface area contributed by atoms with Crippen molar-refractivity contribution in [3.8, 4) is 10.6 Å². The number of thiophene rings is 2. The lowest BCUT2D eigenvalue weighted by Gasteiger charge is -2.12. The van der Waals surface area contributed by atoms with E-state index in [2.05, 4.69) is 10.5 Å². The van der Waals surface area contributed by atoms with Crippen molar-refractivity contribution in [2.45, 2.75) is 32.6 Å². The van der Waals surface area contributed by atoms with Gasteiger partial charge in [0.25, 0.3) is 5.91 Å². The summed E-state index contributed by atoms with van der Waals surface area (Å²) in [5.41, 5.74) is 1.69. The predicted molar refractivity (Wildman–Crippen MR) is 105 cm³/mol.